The number of hydrogen-bond donors (Lipinski definition) is 0. The Balaban J connectivity index is 1.16. The zero-order chi connectivity index (χ0) is 43.1. The Morgan fingerprint density at radius 1 is 0.500 bits per heavy atom. The standard InChI is InChI=1S/C54H64N2O2S4/c1-5-9-13-15-31-53(33-29-45(61-53)43-19-17-37-59-43)41-25-21-39(22-26-41)49-47-48(52(58)55(49)35-11-7-3)50(56(51(47)57)36-12-8-4)40-23-27-42(28-24-40)54(32-16-14-10-6-2)34-30-46(62-54)44-20-18-38-60-44/h17-30,33-34,37-38,45-46H,5-16,31-32,35-36H2,1-4H3. The lowest BCUT2D eigenvalue weighted by Gasteiger charge is -2.30. The molecule has 0 saturated carbocycles. The molecule has 2 aromatic carbocycles. The van der Waals surface area contributed by atoms with Gasteiger partial charge in [-0.2, -0.15) is 0 Å². The van der Waals surface area contributed by atoms with E-state index in [1.807, 2.05) is 32.5 Å². The molecule has 2 amide bonds. The van der Waals surface area contributed by atoms with Crippen LogP contribution in [0.2, 0.25) is 0 Å². The number of unbranched alkanes of at least 4 members (excludes halogenated alkanes) is 8. The molecule has 4 nitrogen and oxygen atoms in total. The van der Waals surface area contributed by atoms with Gasteiger partial charge in [-0.25, -0.2) is 0 Å². The molecule has 6 heterocycles. The molecule has 4 aliphatic rings. The molecule has 8 rings (SSSR count). The summed E-state index contributed by atoms with van der Waals surface area (Å²) in [5, 5.41) is 5.06. The van der Waals surface area contributed by atoms with Gasteiger partial charge in [-0.05, 0) is 70.8 Å². The van der Waals surface area contributed by atoms with Crippen LogP contribution in [0.1, 0.15) is 160 Å². The summed E-state index contributed by atoms with van der Waals surface area (Å²) in [6.07, 6.45) is 25.4. The first-order valence-corrected chi connectivity index (χ1v) is 27.0. The number of carbonyl (C=O) groups excluding carboxylic acids is 2. The molecule has 4 aromatic rings. The van der Waals surface area contributed by atoms with E-state index in [2.05, 4.69) is 159 Å². The van der Waals surface area contributed by atoms with E-state index in [-0.39, 0.29) is 21.3 Å². The van der Waals surface area contributed by atoms with Crippen molar-refractivity contribution in [3.63, 3.8) is 0 Å². The molecule has 326 valence electrons. The van der Waals surface area contributed by atoms with Crippen LogP contribution in [0.3, 0.4) is 0 Å². The van der Waals surface area contributed by atoms with Crippen LogP contribution in [0.25, 0.3) is 11.4 Å². The zero-order valence-corrected chi connectivity index (χ0v) is 40.5. The Labute approximate surface area is 388 Å². The van der Waals surface area contributed by atoms with E-state index < -0.39 is 0 Å². The third-order valence-electron chi connectivity index (χ3n) is 13.2. The van der Waals surface area contributed by atoms with Crippen LogP contribution < -0.4 is 0 Å². The summed E-state index contributed by atoms with van der Waals surface area (Å²) in [4.78, 5) is 36.6. The Kier molecular flexibility index (Phi) is 14.9. The summed E-state index contributed by atoms with van der Waals surface area (Å²) in [5.74, 6) is -0.0835. The molecule has 0 N–H and O–H groups in total. The minimum Gasteiger partial charge on any atom is -0.307 e. The highest BCUT2D eigenvalue weighted by Gasteiger charge is 2.49. The quantitative estimate of drug-likeness (QED) is 0.0582. The Morgan fingerprint density at radius 3 is 1.26 bits per heavy atom. The van der Waals surface area contributed by atoms with Crippen LogP contribution >= 0.6 is 46.2 Å². The van der Waals surface area contributed by atoms with E-state index in [0.29, 0.717) is 34.7 Å². The highest BCUT2D eigenvalue weighted by molar-refractivity contribution is 8.01. The molecule has 0 saturated heterocycles. The monoisotopic (exact) mass is 900 g/mol. The largest absolute Gasteiger partial charge is 0.307 e. The first-order valence-electron chi connectivity index (χ1n) is 23.5. The molecule has 4 unspecified atom stereocenters. The number of thioether (sulfide) groups is 2. The molecule has 4 atom stereocenters. The predicted octanol–water partition coefficient (Wildman–Crippen LogP) is 15.6. The van der Waals surface area contributed by atoms with Crippen molar-refractivity contribution in [2.45, 2.75) is 138 Å². The molecule has 0 radical (unpaired) electrons. The van der Waals surface area contributed by atoms with Gasteiger partial charge in [-0.3, -0.25) is 9.59 Å². The number of carbonyl (C=O) groups is 2. The summed E-state index contributed by atoms with van der Waals surface area (Å²) < 4.78 is -0.217. The number of fused-ring (bicyclic) bond motifs is 1. The summed E-state index contributed by atoms with van der Waals surface area (Å²) in [6, 6.07) is 26.7. The second-order valence-corrected chi connectivity index (χ2v) is 22.4. The summed E-state index contributed by atoms with van der Waals surface area (Å²) >= 11 is 7.80. The molecule has 0 spiro atoms. The van der Waals surface area contributed by atoms with Gasteiger partial charge >= 0.3 is 0 Å². The minimum absolute atomic E-state index is 0.0418. The second kappa shape index (κ2) is 20.5. The number of amides is 2. The van der Waals surface area contributed by atoms with Gasteiger partial charge in [-0.1, -0.05) is 177 Å². The molecule has 0 bridgehead atoms. The van der Waals surface area contributed by atoms with Gasteiger partial charge in [0.25, 0.3) is 11.8 Å². The lowest BCUT2D eigenvalue weighted by atomic mass is 9.90. The van der Waals surface area contributed by atoms with Crippen LogP contribution in [-0.4, -0.2) is 34.7 Å². The summed E-state index contributed by atoms with van der Waals surface area (Å²) in [7, 11) is 0. The van der Waals surface area contributed by atoms with Crippen molar-refractivity contribution in [3.05, 3.63) is 151 Å². The van der Waals surface area contributed by atoms with E-state index in [1.165, 1.54) is 72.2 Å². The summed E-state index contributed by atoms with van der Waals surface area (Å²) in [5.41, 5.74) is 7.21. The third kappa shape index (κ3) is 9.05. The van der Waals surface area contributed by atoms with Crippen molar-refractivity contribution in [2.75, 3.05) is 13.1 Å². The molecule has 8 heteroatoms. The number of thiophene rings is 2. The average Bonchev–Trinajstić information content (AvgIpc) is 4.17. The van der Waals surface area contributed by atoms with E-state index in [0.717, 1.165) is 61.0 Å². The van der Waals surface area contributed by atoms with Crippen LogP contribution in [0.5, 0.6) is 0 Å². The smallest absolute Gasteiger partial charge is 0.261 e. The zero-order valence-electron chi connectivity index (χ0n) is 37.2. The van der Waals surface area contributed by atoms with Gasteiger partial charge < -0.3 is 9.80 Å². The van der Waals surface area contributed by atoms with Crippen molar-refractivity contribution in [3.8, 4) is 0 Å². The molecule has 0 fully saturated rings. The number of nitrogens with zero attached hydrogens (tertiary/aromatic N) is 2. The maximum Gasteiger partial charge on any atom is 0.261 e. The lowest BCUT2D eigenvalue weighted by Crippen LogP contribution is -2.31. The van der Waals surface area contributed by atoms with Crippen LogP contribution in [-0.2, 0) is 19.1 Å². The van der Waals surface area contributed by atoms with E-state index >= 15 is 0 Å². The van der Waals surface area contributed by atoms with Gasteiger partial charge in [-0.15, -0.1) is 46.2 Å². The first-order chi connectivity index (χ1) is 30.4. The van der Waals surface area contributed by atoms with Gasteiger partial charge in [0.2, 0.25) is 0 Å². The van der Waals surface area contributed by atoms with E-state index in [4.69, 9.17) is 0 Å². The number of benzene rings is 2. The molecule has 0 aliphatic carbocycles. The van der Waals surface area contributed by atoms with Crippen molar-refractivity contribution >= 4 is 69.4 Å². The number of hydrogen-bond acceptors (Lipinski definition) is 6. The van der Waals surface area contributed by atoms with Crippen molar-refractivity contribution < 1.29 is 9.59 Å². The predicted molar refractivity (Wildman–Crippen MR) is 268 cm³/mol. The van der Waals surface area contributed by atoms with Crippen LogP contribution in [0, 0.1) is 0 Å². The van der Waals surface area contributed by atoms with Gasteiger partial charge in [0.05, 0.1) is 42.5 Å². The molecule has 4 aliphatic heterocycles. The fourth-order valence-corrected chi connectivity index (χ4v) is 14.7. The Hall–Kier alpha value is -3.56. The maximum absolute atomic E-state index is 14.9. The highest BCUT2D eigenvalue weighted by Crippen LogP contribution is 2.58. The topological polar surface area (TPSA) is 40.6 Å². The molecular weight excluding hydrogens is 837 g/mol. The first kappa shape index (κ1) is 45.0. The van der Waals surface area contributed by atoms with E-state index in [1.54, 1.807) is 0 Å². The third-order valence-corrected chi connectivity index (χ3v) is 18.7. The van der Waals surface area contributed by atoms with Crippen molar-refractivity contribution in [1.82, 2.24) is 9.80 Å². The summed E-state index contributed by atoms with van der Waals surface area (Å²) in [6.45, 7) is 10.1. The second-order valence-electron chi connectivity index (χ2n) is 17.4. The normalized spacial score (nSPS) is 23.3. The van der Waals surface area contributed by atoms with Crippen molar-refractivity contribution in [2.24, 2.45) is 0 Å². The van der Waals surface area contributed by atoms with Crippen molar-refractivity contribution in [1.29, 1.82) is 0 Å². The maximum atomic E-state index is 14.9. The van der Waals surface area contributed by atoms with Gasteiger partial charge in [0.15, 0.2) is 0 Å². The van der Waals surface area contributed by atoms with E-state index in [9.17, 15) is 9.59 Å². The Bertz CT molecular complexity index is 2110. The molecule has 2 aromatic heterocycles. The van der Waals surface area contributed by atoms with Crippen LogP contribution in [0.4, 0.5) is 0 Å². The SMILES string of the molecule is CCCCCCC1(c2ccc(C3=C4C(=O)N(CCCC)C(c5ccc(C6(CCCCCC)C=CC(c7cccs7)S6)cc5)=C4C(=O)N3CCCC)cc2)C=CC(c2cccs2)S1. The Morgan fingerprint density at radius 2 is 0.903 bits per heavy atom. The lowest BCUT2D eigenvalue weighted by molar-refractivity contribution is -0.124. The fourth-order valence-electron chi connectivity index (χ4n) is 9.71. The molecular formula is C54H64N2O2S4. The minimum atomic E-state index is -0.109. The van der Waals surface area contributed by atoms with Gasteiger partial charge in [0, 0.05) is 22.8 Å². The highest BCUT2D eigenvalue weighted by atomic mass is 32.2. The molecule has 62 heavy (non-hydrogen) atoms. The van der Waals surface area contributed by atoms with Gasteiger partial charge in [0.1, 0.15) is 0 Å². The van der Waals surface area contributed by atoms with Crippen LogP contribution in [0.15, 0.2) is 119 Å². The average molecular weight is 901 g/mol. The fraction of sp³-hybridized carbons (Fsp3) is 0.444. The number of rotatable bonds is 22.